The number of hydrazone groups is 1. The number of benzene rings is 3. The lowest BCUT2D eigenvalue weighted by atomic mass is 10.0. The SMILES string of the molecule is COc1cc(/C=N/NC(=O)c2ccc(O)c(F)c2F)cc(OC)c1OCc1ccc(C(C)C)cc1. The third kappa shape index (κ3) is 6.06. The van der Waals surface area contributed by atoms with Gasteiger partial charge in [-0.3, -0.25) is 4.79 Å². The number of amides is 1. The minimum absolute atomic E-state index is 0.295. The van der Waals surface area contributed by atoms with Crippen LogP contribution in [0.1, 0.15) is 46.8 Å². The number of nitrogens with zero attached hydrogens (tertiary/aromatic N) is 1. The first-order valence-corrected chi connectivity index (χ1v) is 10.7. The van der Waals surface area contributed by atoms with E-state index in [2.05, 4.69) is 36.5 Å². The summed E-state index contributed by atoms with van der Waals surface area (Å²) in [5, 5.41) is 13.0. The highest BCUT2D eigenvalue weighted by Crippen LogP contribution is 2.38. The fourth-order valence-electron chi connectivity index (χ4n) is 3.21. The van der Waals surface area contributed by atoms with Crippen molar-refractivity contribution >= 4 is 12.1 Å². The highest BCUT2D eigenvalue weighted by molar-refractivity contribution is 5.95. The van der Waals surface area contributed by atoms with E-state index in [0.717, 1.165) is 17.7 Å². The molecule has 0 saturated carbocycles. The summed E-state index contributed by atoms with van der Waals surface area (Å²) in [7, 11) is 2.95. The van der Waals surface area contributed by atoms with Gasteiger partial charge in [0.05, 0.1) is 26.0 Å². The van der Waals surface area contributed by atoms with Crippen LogP contribution in [0, 0.1) is 11.6 Å². The van der Waals surface area contributed by atoms with E-state index in [1.165, 1.54) is 26.0 Å². The maximum Gasteiger partial charge on any atom is 0.274 e. The van der Waals surface area contributed by atoms with Gasteiger partial charge in [0.15, 0.2) is 23.1 Å². The van der Waals surface area contributed by atoms with Gasteiger partial charge in [0.25, 0.3) is 5.91 Å². The maximum absolute atomic E-state index is 13.9. The lowest BCUT2D eigenvalue weighted by Crippen LogP contribution is -2.19. The van der Waals surface area contributed by atoms with Crippen molar-refractivity contribution in [3.8, 4) is 23.0 Å². The predicted octanol–water partition coefficient (Wildman–Crippen LogP) is 5.15. The van der Waals surface area contributed by atoms with Gasteiger partial charge in [-0.25, -0.2) is 9.82 Å². The summed E-state index contributed by atoms with van der Waals surface area (Å²) in [4.78, 5) is 12.1. The number of nitrogens with one attached hydrogen (secondary N) is 1. The van der Waals surface area contributed by atoms with E-state index in [9.17, 15) is 18.7 Å². The molecule has 0 aliphatic carbocycles. The molecule has 0 fully saturated rings. The molecule has 0 heterocycles. The molecule has 3 rings (SSSR count). The molecule has 0 spiro atoms. The second-order valence-electron chi connectivity index (χ2n) is 7.90. The number of phenols is 1. The Balaban J connectivity index is 1.74. The Bertz CT molecular complexity index is 1200. The van der Waals surface area contributed by atoms with Crippen molar-refractivity contribution in [1.29, 1.82) is 0 Å². The van der Waals surface area contributed by atoms with Crippen LogP contribution >= 0.6 is 0 Å². The van der Waals surface area contributed by atoms with Crippen molar-refractivity contribution in [2.24, 2.45) is 5.10 Å². The van der Waals surface area contributed by atoms with Crippen molar-refractivity contribution in [1.82, 2.24) is 5.43 Å². The fourth-order valence-corrected chi connectivity index (χ4v) is 3.21. The Morgan fingerprint density at radius 2 is 1.66 bits per heavy atom. The molecule has 0 saturated heterocycles. The molecule has 9 heteroatoms. The Labute approximate surface area is 202 Å². The van der Waals surface area contributed by atoms with Crippen LogP contribution in [0.4, 0.5) is 8.78 Å². The van der Waals surface area contributed by atoms with Gasteiger partial charge in [0.1, 0.15) is 6.61 Å². The molecule has 2 N–H and O–H groups in total. The first kappa shape index (κ1) is 25.5. The number of carbonyl (C=O) groups excluding carboxylic acids is 1. The van der Waals surface area contributed by atoms with Crippen LogP contribution in [-0.4, -0.2) is 31.4 Å². The van der Waals surface area contributed by atoms with Crippen LogP contribution in [0.25, 0.3) is 0 Å². The highest BCUT2D eigenvalue weighted by atomic mass is 19.2. The largest absolute Gasteiger partial charge is 0.505 e. The molecule has 0 unspecified atom stereocenters. The first-order chi connectivity index (χ1) is 16.7. The highest BCUT2D eigenvalue weighted by Gasteiger charge is 2.18. The van der Waals surface area contributed by atoms with Crippen LogP contribution in [0.3, 0.4) is 0 Å². The summed E-state index contributed by atoms with van der Waals surface area (Å²) in [6, 6.07) is 13.2. The lowest BCUT2D eigenvalue weighted by molar-refractivity contribution is 0.0950. The molecular weight excluding hydrogens is 458 g/mol. The third-order valence-corrected chi connectivity index (χ3v) is 5.20. The third-order valence-electron chi connectivity index (χ3n) is 5.20. The number of hydrogen-bond donors (Lipinski definition) is 2. The average Bonchev–Trinajstić information content (AvgIpc) is 2.86. The quantitative estimate of drug-likeness (QED) is 0.324. The molecule has 0 aliphatic heterocycles. The van der Waals surface area contributed by atoms with E-state index in [4.69, 9.17) is 14.2 Å². The number of carbonyl (C=O) groups is 1. The first-order valence-electron chi connectivity index (χ1n) is 10.7. The molecule has 0 atom stereocenters. The van der Waals surface area contributed by atoms with E-state index in [-0.39, 0.29) is 0 Å². The van der Waals surface area contributed by atoms with E-state index in [0.29, 0.717) is 35.3 Å². The molecule has 3 aromatic rings. The number of hydrogen-bond acceptors (Lipinski definition) is 6. The van der Waals surface area contributed by atoms with Crippen molar-refractivity contribution in [2.45, 2.75) is 26.4 Å². The molecular formula is C26H26F2N2O5. The predicted molar refractivity (Wildman–Crippen MR) is 127 cm³/mol. The van der Waals surface area contributed by atoms with Crippen molar-refractivity contribution in [3.05, 3.63) is 82.4 Å². The van der Waals surface area contributed by atoms with Crippen molar-refractivity contribution < 1.29 is 32.9 Å². The summed E-state index contributed by atoms with van der Waals surface area (Å²) in [6.45, 7) is 4.55. The van der Waals surface area contributed by atoms with E-state index < -0.39 is 28.9 Å². The minimum atomic E-state index is -1.51. The summed E-state index contributed by atoms with van der Waals surface area (Å²) >= 11 is 0. The molecule has 184 valence electrons. The maximum atomic E-state index is 13.9. The summed E-state index contributed by atoms with van der Waals surface area (Å²) in [6.07, 6.45) is 1.28. The van der Waals surface area contributed by atoms with Crippen LogP contribution in [-0.2, 0) is 6.61 Å². The number of rotatable bonds is 9. The monoisotopic (exact) mass is 484 g/mol. The average molecular weight is 484 g/mol. The molecule has 0 aromatic heterocycles. The zero-order valence-electron chi connectivity index (χ0n) is 19.8. The van der Waals surface area contributed by atoms with Gasteiger partial charge in [-0.1, -0.05) is 38.1 Å². The van der Waals surface area contributed by atoms with Gasteiger partial charge in [-0.15, -0.1) is 0 Å². The van der Waals surface area contributed by atoms with Gasteiger partial charge in [0, 0.05) is 5.56 Å². The molecule has 7 nitrogen and oxygen atoms in total. The summed E-state index contributed by atoms with van der Waals surface area (Å²) in [5.41, 5.74) is 4.22. The Hall–Kier alpha value is -4.14. The lowest BCUT2D eigenvalue weighted by Gasteiger charge is -2.15. The molecule has 3 aromatic carbocycles. The van der Waals surface area contributed by atoms with Gasteiger partial charge in [-0.2, -0.15) is 9.49 Å². The van der Waals surface area contributed by atoms with Crippen LogP contribution < -0.4 is 19.6 Å². The van der Waals surface area contributed by atoms with E-state index >= 15 is 0 Å². The van der Waals surface area contributed by atoms with Crippen molar-refractivity contribution in [2.75, 3.05) is 14.2 Å². The van der Waals surface area contributed by atoms with Gasteiger partial charge < -0.3 is 19.3 Å². The smallest absolute Gasteiger partial charge is 0.274 e. The topological polar surface area (TPSA) is 89.4 Å². The number of methoxy groups -OCH3 is 2. The normalized spacial score (nSPS) is 11.1. The Kier molecular flexibility index (Phi) is 8.25. The summed E-state index contributed by atoms with van der Waals surface area (Å²) < 4.78 is 44.2. The molecule has 0 bridgehead atoms. The number of aromatic hydroxyl groups is 1. The van der Waals surface area contributed by atoms with Crippen molar-refractivity contribution in [3.63, 3.8) is 0 Å². The van der Waals surface area contributed by atoms with Crippen LogP contribution in [0.15, 0.2) is 53.6 Å². The van der Waals surface area contributed by atoms with Crippen LogP contribution in [0.2, 0.25) is 0 Å². The fraction of sp³-hybridized carbons (Fsp3) is 0.231. The Morgan fingerprint density at radius 3 is 2.23 bits per heavy atom. The second-order valence-corrected chi connectivity index (χ2v) is 7.90. The van der Waals surface area contributed by atoms with Gasteiger partial charge >= 0.3 is 0 Å². The minimum Gasteiger partial charge on any atom is -0.505 e. The molecule has 0 radical (unpaired) electrons. The standard InChI is InChI=1S/C26H26F2N2O5/c1-15(2)18-7-5-16(6-8-18)14-35-25-21(33-3)11-17(12-22(25)34-4)13-29-30-26(32)19-9-10-20(31)24(28)23(19)27/h5-13,15,31H,14H2,1-4H3,(H,30,32)/b29-13+. The van der Waals surface area contributed by atoms with E-state index in [1.807, 2.05) is 12.1 Å². The number of phenolic OH excluding ortho intramolecular Hbond substituents is 1. The summed E-state index contributed by atoms with van der Waals surface area (Å²) in [5.74, 6) is -3.28. The molecule has 35 heavy (non-hydrogen) atoms. The number of halogens is 2. The van der Waals surface area contributed by atoms with E-state index in [1.54, 1.807) is 12.1 Å². The van der Waals surface area contributed by atoms with Crippen LogP contribution in [0.5, 0.6) is 23.0 Å². The Morgan fingerprint density at radius 1 is 1.03 bits per heavy atom. The zero-order valence-corrected chi connectivity index (χ0v) is 19.8. The van der Waals surface area contributed by atoms with Gasteiger partial charge in [-0.05, 0) is 41.3 Å². The molecule has 0 aliphatic rings. The molecule has 1 amide bonds. The zero-order chi connectivity index (χ0) is 25.5. The number of ether oxygens (including phenoxy) is 3. The van der Waals surface area contributed by atoms with Gasteiger partial charge in [0.2, 0.25) is 11.6 Å². The second kappa shape index (κ2) is 11.3.